The van der Waals surface area contributed by atoms with Crippen LogP contribution in [0.2, 0.25) is 0 Å². The van der Waals surface area contributed by atoms with Crippen LogP contribution in [0.5, 0.6) is 5.75 Å². The number of hydrogen-bond donors (Lipinski definition) is 0. The molecule has 0 amide bonds. The number of azide groups is 1. The molecule has 0 aliphatic heterocycles. The molecule has 1 rings (SSSR count). The first kappa shape index (κ1) is 20.0. The molecule has 0 heterocycles. The summed E-state index contributed by atoms with van der Waals surface area (Å²) in [5.41, 5.74) is 9.32. The zero-order valence-corrected chi connectivity index (χ0v) is 14.1. The maximum absolute atomic E-state index is 11.7. The van der Waals surface area contributed by atoms with E-state index in [1.165, 1.54) is 5.56 Å². The molecule has 0 unspecified atom stereocenters. The average Bonchev–Trinajstić information content (AvgIpc) is 2.62. The van der Waals surface area contributed by atoms with E-state index >= 15 is 0 Å². The lowest BCUT2D eigenvalue weighted by molar-refractivity contribution is -0.121. The first-order chi connectivity index (χ1) is 11.8. The summed E-state index contributed by atoms with van der Waals surface area (Å²) in [6, 6.07) is 7.78. The Balaban J connectivity index is 1.97. The van der Waals surface area contributed by atoms with Crippen LogP contribution in [0, 0.1) is 0 Å². The fourth-order valence-corrected chi connectivity index (χ4v) is 1.90. The van der Waals surface area contributed by atoms with Gasteiger partial charge < -0.3 is 14.2 Å². The second kappa shape index (κ2) is 13.4. The smallest absolute Gasteiger partial charge is 0.170 e. The average molecular weight is 335 g/mol. The number of carbonyl (C=O) groups is 1. The summed E-state index contributed by atoms with van der Waals surface area (Å²) in [6.07, 6.45) is 2.08. The van der Waals surface area contributed by atoms with Crippen molar-refractivity contribution in [3.8, 4) is 5.75 Å². The maximum atomic E-state index is 11.7. The molecule has 0 N–H and O–H groups in total. The van der Waals surface area contributed by atoms with Gasteiger partial charge in [-0.05, 0) is 36.1 Å². The Morgan fingerprint density at radius 3 is 2.50 bits per heavy atom. The van der Waals surface area contributed by atoms with Crippen molar-refractivity contribution in [3.05, 3.63) is 40.3 Å². The highest BCUT2D eigenvalue weighted by molar-refractivity contribution is 5.79. The molecular formula is C17H25N3O4. The van der Waals surface area contributed by atoms with Crippen molar-refractivity contribution in [3.63, 3.8) is 0 Å². The maximum Gasteiger partial charge on any atom is 0.170 e. The molecule has 7 heteroatoms. The Morgan fingerprint density at radius 1 is 1.12 bits per heavy atom. The quantitative estimate of drug-likeness (QED) is 0.225. The van der Waals surface area contributed by atoms with Crippen LogP contribution >= 0.6 is 0 Å². The van der Waals surface area contributed by atoms with Gasteiger partial charge in [-0.1, -0.05) is 24.2 Å². The molecule has 24 heavy (non-hydrogen) atoms. The SMILES string of the molecule is CCc1ccc(OCC(=O)CCCOCCOCCN=[N+]=[N-])cc1. The number of aryl methyl sites for hydroxylation is 1. The van der Waals surface area contributed by atoms with E-state index in [2.05, 4.69) is 16.9 Å². The van der Waals surface area contributed by atoms with E-state index in [0.717, 1.165) is 12.2 Å². The number of ketones is 1. The molecule has 1 aromatic rings. The van der Waals surface area contributed by atoms with E-state index < -0.39 is 0 Å². The monoisotopic (exact) mass is 335 g/mol. The summed E-state index contributed by atoms with van der Waals surface area (Å²) in [5.74, 6) is 0.776. The number of carbonyl (C=O) groups excluding carboxylic acids is 1. The van der Waals surface area contributed by atoms with Gasteiger partial charge >= 0.3 is 0 Å². The van der Waals surface area contributed by atoms with Crippen molar-refractivity contribution in [1.29, 1.82) is 0 Å². The summed E-state index contributed by atoms with van der Waals surface area (Å²) in [6.45, 7) is 4.33. The number of rotatable bonds is 14. The first-order valence-electron chi connectivity index (χ1n) is 8.16. The van der Waals surface area contributed by atoms with Gasteiger partial charge in [0.2, 0.25) is 0 Å². The van der Waals surface area contributed by atoms with E-state index in [4.69, 9.17) is 19.7 Å². The number of nitrogens with zero attached hydrogens (tertiary/aromatic N) is 3. The van der Waals surface area contributed by atoms with Crippen LogP contribution < -0.4 is 4.74 Å². The second-order valence-corrected chi connectivity index (χ2v) is 5.11. The summed E-state index contributed by atoms with van der Waals surface area (Å²) >= 11 is 0. The third-order valence-electron chi connectivity index (χ3n) is 3.25. The molecule has 0 atom stereocenters. The van der Waals surface area contributed by atoms with Gasteiger partial charge in [-0.15, -0.1) is 0 Å². The van der Waals surface area contributed by atoms with Gasteiger partial charge in [0.1, 0.15) is 12.4 Å². The lowest BCUT2D eigenvalue weighted by atomic mass is 10.2. The molecule has 7 nitrogen and oxygen atoms in total. The zero-order chi connectivity index (χ0) is 17.5. The van der Waals surface area contributed by atoms with E-state index in [9.17, 15) is 4.79 Å². The fraction of sp³-hybridized carbons (Fsp3) is 0.588. The molecule has 132 valence electrons. The standard InChI is InChI=1S/C17H25N3O4/c1-2-15-5-7-17(8-6-15)24-14-16(21)4-3-10-22-12-13-23-11-9-19-20-18/h5-8H,2-4,9-14H2,1H3. The highest BCUT2D eigenvalue weighted by Crippen LogP contribution is 2.12. The number of benzene rings is 1. The van der Waals surface area contributed by atoms with Crippen molar-refractivity contribution in [2.75, 3.05) is 39.6 Å². The largest absolute Gasteiger partial charge is 0.486 e. The van der Waals surface area contributed by atoms with Gasteiger partial charge in [-0.25, -0.2) is 0 Å². The lowest BCUT2D eigenvalue weighted by Gasteiger charge is -2.07. The Hall–Kier alpha value is -2.08. The van der Waals surface area contributed by atoms with E-state index in [1.54, 1.807) is 0 Å². The molecule has 0 saturated heterocycles. The summed E-state index contributed by atoms with van der Waals surface area (Å²) < 4.78 is 16.0. The van der Waals surface area contributed by atoms with Crippen LogP contribution in [-0.4, -0.2) is 45.4 Å². The van der Waals surface area contributed by atoms with Crippen LogP contribution in [0.15, 0.2) is 29.4 Å². The molecule has 0 spiro atoms. The molecule has 1 aromatic carbocycles. The molecule has 0 saturated carbocycles. The highest BCUT2D eigenvalue weighted by atomic mass is 16.5. The third-order valence-corrected chi connectivity index (χ3v) is 3.25. The van der Waals surface area contributed by atoms with Gasteiger partial charge in [0.25, 0.3) is 0 Å². The van der Waals surface area contributed by atoms with Crippen LogP contribution in [0.1, 0.15) is 25.3 Å². The minimum Gasteiger partial charge on any atom is -0.486 e. The zero-order valence-electron chi connectivity index (χ0n) is 14.1. The minimum atomic E-state index is 0.0591. The van der Waals surface area contributed by atoms with Gasteiger partial charge in [0, 0.05) is 24.5 Å². The predicted molar refractivity (Wildman–Crippen MR) is 91.2 cm³/mol. The Bertz CT molecular complexity index is 513. The topological polar surface area (TPSA) is 93.5 Å². The lowest BCUT2D eigenvalue weighted by Crippen LogP contribution is -2.13. The minimum absolute atomic E-state index is 0.0591. The Morgan fingerprint density at radius 2 is 1.83 bits per heavy atom. The molecule has 0 fully saturated rings. The van der Waals surface area contributed by atoms with E-state index in [-0.39, 0.29) is 12.4 Å². The molecule has 0 bridgehead atoms. The molecule has 0 radical (unpaired) electrons. The summed E-state index contributed by atoms with van der Waals surface area (Å²) in [5, 5.41) is 3.35. The second-order valence-electron chi connectivity index (χ2n) is 5.11. The number of hydrogen-bond acceptors (Lipinski definition) is 5. The molecule has 0 aliphatic carbocycles. The van der Waals surface area contributed by atoms with Crippen molar-refractivity contribution in [2.45, 2.75) is 26.2 Å². The fourth-order valence-electron chi connectivity index (χ4n) is 1.90. The van der Waals surface area contributed by atoms with Gasteiger partial charge in [0.15, 0.2) is 5.78 Å². The van der Waals surface area contributed by atoms with E-state index in [1.807, 2.05) is 24.3 Å². The number of ether oxygens (including phenoxy) is 3. The van der Waals surface area contributed by atoms with Crippen LogP contribution in [0.3, 0.4) is 0 Å². The predicted octanol–water partition coefficient (Wildman–Crippen LogP) is 3.32. The third kappa shape index (κ3) is 9.84. The first-order valence-corrected chi connectivity index (χ1v) is 8.16. The normalized spacial score (nSPS) is 10.2. The molecular weight excluding hydrogens is 310 g/mol. The van der Waals surface area contributed by atoms with Crippen LogP contribution in [0.4, 0.5) is 0 Å². The number of Topliss-reactive ketones (excluding diaryl/α,β-unsaturated/α-hetero) is 1. The van der Waals surface area contributed by atoms with Gasteiger partial charge in [-0.2, -0.15) is 0 Å². The molecule has 0 aromatic heterocycles. The Kier molecular flexibility index (Phi) is 11.1. The highest BCUT2D eigenvalue weighted by Gasteiger charge is 2.03. The summed E-state index contributed by atoms with van der Waals surface area (Å²) in [4.78, 5) is 14.4. The van der Waals surface area contributed by atoms with Gasteiger partial charge in [0.05, 0.1) is 19.8 Å². The Labute approximate surface area is 142 Å². The molecule has 0 aliphatic rings. The van der Waals surface area contributed by atoms with E-state index in [0.29, 0.717) is 45.8 Å². The van der Waals surface area contributed by atoms with Crippen molar-refractivity contribution >= 4 is 5.78 Å². The van der Waals surface area contributed by atoms with Crippen molar-refractivity contribution in [1.82, 2.24) is 0 Å². The van der Waals surface area contributed by atoms with Crippen LogP contribution in [0.25, 0.3) is 10.4 Å². The van der Waals surface area contributed by atoms with Crippen molar-refractivity contribution < 1.29 is 19.0 Å². The van der Waals surface area contributed by atoms with Gasteiger partial charge in [-0.3, -0.25) is 4.79 Å². The summed E-state index contributed by atoms with van der Waals surface area (Å²) in [7, 11) is 0. The van der Waals surface area contributed by atoms with Crippen molar-refractivity contribution in [2.24, 2.45) is 5.11 Å². The van der Waals surface area contributed by atoms with Crippen LogP contribution in [-0.2, 0) is 20.7 Å².